The van der Waals surface area contributed by atoms with Crippen molar-refractivity contribution in [2.75, 3.05) is 18.8 Å². The van der Waals surface area contributed by atoms with E-state index in [0.717, 1.165) is 38.0 Å². The number of hydrogen-bond donors (Lipinski definition) is 2. The first kappa shape index (κ1) is 19.2. The zero-order valence-electron chi connectivity index (χ0n) is 15.2. The molecule has 0 aliphatic heterocycles. The van der Waals surface area contributed by atoms with Crippen molar-refractivity contribution in [3.63, 3.8) is 0 Å². The van der Waals surface area contributed by atoms with Crippen LogP contribution in [0.2, 0.25) is 0 Å². The molecule has 134 valence electrons. The van der Waals surface area contributed by atoms with Gasteiger partial charge in [0.2, 0.25) is 0 Å². The number of nitrogens with one attached hydrogen (secondary N) is 1. The number of aromatic amines is 1. The smallest absolute Gasteiger partial charge is 0.268 e. The number of nitrogen functional groups attached to an aromatic ring is 1. The third kappa shape index (κ3) is 4.11. The molecule has 1 aromatic heterocycles. The third-order valence-corrected chi connectivity index (χ3v) is 4.37. The molecule has 1 aromatic carbocycles. The molecule has 0 aliphatic rings. The van der Waals surface area contributed by atoms with Crippen LogP contribution in [0, 0.1) is 22.7 Å². The maximum atomic E-state index is 12.1. The number of unbranched alkanes of at least 4 members (excludes halogenated alkanes) is 1. The molecule has 0 spiro atoms. The van der Waals surface area contributed by atoms with Gasteiger partial charge in [0.25, 0.3) is 5.56 Å². The van der Waals surface area contributed by atoms with Crippen LogP contribution in [-0.4, -0.2) is 23.0 Å². The number of nitriles is 2. The highest BCUT2D eigenvalue weighted by Gasteiger charge is 2.18. The Hall–Kier alpha value is -3.09. The summed E-state index contributed by atoms with van der Waals surface area (Å²) in [5.74, 6) is -0.0185. The van der Waals surface area contributed by atoms with E-state index in [4.69, 9.17) is 5.73 Å². The molecule has 0 atom stereocenters. The Morgan fingerprint density at radius 2 is 1.92 bits per heavy atom. The van der Waals surface area contributed by atoms with Crippen LogP contribution in [0.5, 0.6) is 0 Å². The number of benzene rings is 1. The average Bonchev–Trinajstić information content (AvgIpc) is 2.64. The van der Waals surface area contributed by atoms with Gasteiger partial charge in [0.1, 0.15) is 29.1 Å². The number of anilines is 1. The first-order valence-electron chi connectivity index (χ1n) is 8.73. The second-order valence-corrected chi connectivity index (χ2v) is 6.14. The summed E-state index contributed by atoms with van der Waals surface area (Å²) in [6.45, 7) is 7.01. The summed E-state index contributed by atoms with van der Waals surface area (Å²) in [6, 6.07) is 11.5. The van der Waals surface area contributed by atoms with Crippen molar-refractivity contribution in [1.29, 1.82) is 10.5 Å². The van der Waals surface area contributed by atoms with Gasteiger partial charge in [0.15, 0.2) is 0 Å². The lowest BCUT2D eigenvalue weighted by atomic mass is 9.95. The van der Waals surface area contributed by atoms with E-state index in [0.29, 0.717) is 11.1 Å². The minimum atomic E-state index is -0.581. The SMILES string of the molecule is CCCCN(CC)Cc1cccc(-c2c(C#N)c(N)[nH]c(=O)c2C#N)c1. The van der Waals surface area contributed by atoms with Gasteiger partial charge in [-0.15, -0.1) is 0 Å². The van der Waals surface area contributed by atoms with Crippen LogP contribution in [0.1, 0.15) is 43.4 Å². The predicted octanol–water partition coefficient (Wildman–Crippen LogP) is 2.99. The van der Waals surface area contributed by atoms with Crippen molar-refractivity contribution in [3.05, 3.63) is 51.3 Å². The molecule has 0 fully saturated rings. The van der Waals surface area contributed by atoms with Crippen LogP contribution < -0.4 is 11.3 Å². The Morgan fingerprint density at radius 3 is 2.54 bits per heavy atom. The van der Waals surface area contributed by atoms with Crippen LogP contribution in [-0.2, 0) is 6.54 Å². The highest BCUT2D eigenvalue weighted by atomic mass is 16.1. The van der Waals surface area contributed by atoms with Gasteiger partial charge < -0.3 is 10.7 Å². The molecule has 2 aromatic rings. The van der Waals surface area contributed by atoms with Gasteiger partial charge in [0.05, 0.1) is 0 Å². The Balaban J connectivity index is 2.50. The Labute approximate surface area is 153 Å². The molecule has 6 heteroatoms. The van der Waals surface area contributed by atoms with Crippen molar-refractivity contribution < 1.29 is 0 Å². The molecule has 0 radical (unpaired) electrons. The zero-order valence-corrected chi connectivity index (χ0v) is 15.2. The number of H-pyrrole nitrogens is 1. The first-order chi connectivity index (χ1) is 12.5. The number of rotatable bonds is 7. The quantitative estimate of drug-likeness (QED) is 0.798. The summed E-state index contributed by atoms with van der Waals surface area (Å²) in [7, 11) is 0. The molecule has 0 aliphatic carbocycles. The maximum absolute atomic E-state index is 12.1. The zero-order chi connectivity index (χ0) is 19.1. The molecule has 0 bridgehead atoms. The van der Waals surface area contributed by atoms with Crippen LogP contribution in [0.4, 0.5) is 5.82 Å². The molecule has 3 N–H and O–H groups in total. The van der Waals surface area contributed by atoms with E-state index in [-0.39, 0.29) is 16.9 Å². The van der Waals surface area contributed by atoms with E-state index >= 15 is 0 Å². The standard InChI is InChI=1S/C20H23N5O/c1-3-5-9-25(4-2)13-14-7-6-8-15(10-14)18-16(11-21)19(23)24-20(26)17(18)12-22/h6-8,10H,3-5,9,13H2,1-2H3,(H3,23,24,26). The highest BCUT2D eigenvalue weighted by Crippen LogP contribution is 2.28. The molecule has 1 heterocycles. The largest absolute Gasteiger partial charge is 0.384 e. The normalized spacial score (nSPS) is 10.5. The second-order valence-electron chi connectivity index (χ2n) is 6.14. The van der Waals surface area contributed by atoms with E-state index in [2.05, 4.69) is 23.7 Å². The fraction of sp³-hybridized carbons (Fsp3) is 0.350. The van der Waals surface area contributed by atoms with Crippen LogP contribution in [0.25, 0.3) is 11.1 Å². The molecule has 6 nitrogen and oxygen atoms in total. The molecule has 0 unspecified atom stereocenters. The predicted molar refractivity (Wildman–Crippen MR) is 102 cm³/mol. The molecule has 0 saturated heterocycles. The number of aromatic nitrogens is 1. The fourth-order valence-electron chi connectivity index (χ4n) is 2.95. The summed E-state index contributed by atoms with van der Waals surface area (Å²) in [6.07, 6.45) is 2.27. The van der Waals surface area contributed by atoms with Crippen molar-refractivity contribution in [3.8, 4) is 23.3 Å². The van der Waals surface area contributed by atoms with Gasteiger partial charge in [-0.1, -0.05) is 38.5 Å². The molecule has 2 rings (SSSR count). The summed E-state index contributed by atoms with van der Waals surface area (Å²) in [4.78, 5) is 16.8. The summed E-state index contributed by atoms with van der Waals surface area (Å²) in [5, 5.41) is 18.8. The number of nitrogens with two attached hydrogens (primary N) is 1. The molecule has 0 amide bonds. The first-order valence-corrected chi connectivity index (χ1v) is 8.73. The average molecular weight is 349 g/mol. The van der Waals surface area contributed by atoms with E-state index < -0.39 is 5.56 Å². The van der Waals surface area contributed by atoms with E-state index in [1.54, 1.807) is 6.07 Å². The molecular formula is C20H23N5O. The van der Waals surface area contributed by atoms with Crippen molar-refractivity contribution >= 4 is 5.82 Å². The third-order valence-electron chi connectivity index (χ3n) is 4.37. The Bertz CT molecular complexity index is 917. The van der Waals surface area contributed by atoms with Gasteiger partial charge in [-0.25, -0.2) is 0 Å². The van der Waals surface area contributed by atoms with Gasteiger partial charge >= 0.3 is 0 Å². The second kappa shape index (κ2) is 8.84. The maximum Gasteiger partial charge on any atom is 0.268 e. The van der Waals surface area contributed by atoms with E-state index in [1.807, 2.05) is 30.3 Å². The van der Waals surface area contributed by atoms with Gasteiger partial charge in [-0.05, 0) is 36.7 Å². The minimum Gasteiger partial charge on any atom is -0.384 e. The summed E-state index contributed by atoms with van der Waals surface area (Å²) < 4.78 is 0. The van der Waals surface area contributed by atoms with Crippen molar-refractivity contribution in [1.82, 2.24) is 9.88 Å². The number of pyridine rings is 1. The lowest BCUT2D eigenvalue weighted by Gasteiger charge is -2.20. The van der Waals surface area contributed by atoms with E-state index in [9.17, 15) is 15.3 Å². The van der Waals surface area contributed by atoms with Crippen molar-refractivity contribution in [2.45, 2.75) is 33.2 Å². The topological polar surface area (TPSA) is 110 Å². The highest BCUT2D eigenvalue weighted by molar-refractivity contribution is 5.80. The van der Waals surface area contributed by atoms with Crippen molar-refractivity contribution in [2.24, 2.45) is 0 Å². The lowest BCUT2D eigenvalue weighted by Crippen LogP contribution is -2.24. The van der Waals surface area contributed by atoms with Gasteiger partial charge in [0, 0.05) is 12.1 Å². The number of nitrogens with zero attached hydrogens (tertiary/aromatic N) is 3. The molecule has 0 saturated carbocycles. The lowest BCUT2D eigenvalue weighted by molar-refractivity contribution is 0.275. The van der Waals surface area contributed by atoms with Crippen LogP contribution >= 0.6 is 0 Å². The minimum absolute atomic E-state index is 0.0185. The Kier molecular flexibility index (Phi) is 6.54. The fourth-order valence-corrected chi connectivity index (χ4v) is 2.95. The Morgan fingerprint density at radius 1 is 1.19 bits per heavy atom. The monoisotopic (exact) mass is 349 g/mol. The van der Waals surface area contributed by atoms with Gasteiger partial charge in [-0.2, -0.15) is 10.5 Å². The molecule has 26 heavy (non-hydrogen) atoms. The van der Waals surface area contributed by atoms with Crippen LogP contribution in [0.15, 0.2) is 29.1 Å². The van der Waals surface area contributed by atoms with Crippen LogP contribution in [0.3, 0.4) is 0 Å². The van der Waals surface area contributed by atoms with Gasteiger partial charge in [-0.3, -0.25) is 9.69 Å². The summed E-state index contributed by atoms with van der Waals surface area (Å²) >= 11 is 0. The van der Waals surface area contributed by atoms with E-state index in [1.165, 1.54) is 0 Å². The summed E-state index contributed by atoms with van der Waals surface area (Å²) in [5.41, 5.74) is 7.26. The number of hydrogen-bond acceptors (Lipinski definition) is 5. The molecular weight excluding hydrogens is 326 g/mol.